The Morgan fingerprint density at radius 1 is 1.12 bits per heavy atom. The molecule has 16 heteroatoms. The van der Waals surface area contributed by atoms with E-state index in [4.69, 9.17) is 24.7 Å². The number of fused-ring (bicyclic) bond motifs is 1. The molecule has 0 spiro atoms. The van der Waals surface area contributed by atoms with Crippen molar-refractivity contribution in [3.63, 3.8) is 0 Å². The highest BCUT2D eigenvalue weighted by atomic mass is 19.4. The molecule has 48 heavy (non-hydrogen) atoms. The second kappa shape index (κ2) is 13.9. The molecule has 3 amide bonds. The number of primary amides is 1. The van der Waals surface area contributed by atoms with E-state index in [2.05, 4.69) is 15.6 Å². The van der Waals surface area contributed by atoms with Gasteiger partial charge in [0.05, 0.1) is 19.3 Å². The highest BCUT2D eigenvalue weighted by Gasteiger charge is 2.57. The topological polar surface area (TPSA) is 171 Å². The first-order valence-electron chi connectivity index (χ1n) is 14.6. The Hall–Kier alpha value is -5.12. The van der Waals surface area contributed by atoms with Gasteiger partial charge in [0.15, 0.2) is 17.2 Å². The van der Waals surface area contributed by atoms with E-state index in [1.165, 1.54) is 44.4 Å². The summed E-state index contributed by atoms with van der Waals surface area (Å²) in [5.41, 5.74) is -0.951. The smallest absolute Gasteiger partial charge is 0.424 e. The van der Waals surface area contributed by atoms with Crippen molar-refractivity contribution in [3.05, 3.63) is 71.2 Å². The van der Waals surface area contributed by atoms with Crippen LogP contribution in [0, 0.1) is 5.82 Å². The van der Waals surface area contributed by atoms with Gasteiger partial charge in [0.2, 0.25) is 5.60 Å². The van der Waals surface area contributed by atoms with Crippen molar-refractivity contribution in [3.8, 4) is 28.5 Å². The molecule has 0 fully saturated rings. The third kappa shape index (κ3) is 7.54. The van der Waals surface area contributed by atoms with Gasteiger partial charge in [0.25, 0.3) is 5.91 Å². The van der Waals surface area contributed by atoms with Crippen molar-refractivity contribution in [2.75, 3.05) is 26.9 Å². The van der Waals surface area contributed by atoms with Gasteiger partial charge in [-0.1, -0.05) is 6.92 Å². The van der Waals surface area contributed by atoms with Crippen molar-refractivity contribution >= 4 is 17.9 Å². The molecular formula is C32H34F4N4O8. The predicted octanol–water partition coefficient (Wildman–Crippen LogP) is 4.07. The number of methoxy groups -OCH3 is 1. The third-order valence-electron chi connectivity index (χ3n) is 7.51. The molecule has 0 saturated carbocycles. The summed E-state index contributed by atoms with van der Waals surface area (Å²) in [6.45, 7) is 3.04. The van der Waals surface area contributed by atoms with Crippen molar-refractivity contribution in [1.29, 1.82) is 0 Å². The Morgan fingerprint density at radius 3 is 2.42 bits per heavy atom. The highest BCUT2D eigenvalue weighted by Crippen LogP contribution is 2.47. The summed E-state index contributed by atoms with van der Waals surface area (Å²) in [5.74, 6) is -1.82. The molecular weight excluding hydrogens is 644 g/mol. The van der Waals surface area contributed by atoms with Gasteiger partial charge >= 0.3 is 18.2 Å². The fourth-order valence-corrected chi connectivity index (χ4v) is 4.90. The number of hydrogen-bond donors (Lipinski definition) is 4. The fraction of sp³-hybridized carbons (Fsp3) is 0.375. The molecule has 3 aromatic rings. The number of urea groups is 1. The lowest BCUT2D eigenvalue weighted by Gasteiger charge is -2.32. The van der Waals surface area contributed by atoms with Gasteiger partial charge in [0, 0.05) is 23.1 Å². The number of benzene rings is 2. The predicted molar refractivity (Wildman–Crippen MR) is 162 cm³/mol. The Labute approximate surface area is 272 Å². The molecule has 0 saturated heterocycles. The number of aromatic nitrogens is 1. The van der Waals surface area contributed by atoms with Crippen LogP contribution in [0.3, 0.4) is 0 Å². The van der Waals surface area contributed by atoms with Gasteiger partial charge in [-0.2, -0.15) is 13.2 Å². The van der Waals surface area contributed by atoms with E-state index >= 15 is 0 Å². The van der Waals surface area contributed by atoms with Crippen LogP contribution in [0.5, 0.6) is 17.2 Å². The second-order valence-corrected chi connectivity index (χ2v) is 11.2. The zero-order valence-electron chi connectivity index (χ0n) is 26.4. The van der Waals surface area contributed by atoms with Gasteiger partial charge in [-0.3, -0.25) is 9.59 Å². The molecule has 258 valence electrons. The van der Waals surface area contributed by atoms with Crippen LogP contribution in [0.2, 0.25) is 0 Å². The van der Waals surface area contributed by atoms with Crippen molar-refractivity contribution in [2.24, 2.45) is 5.73 Å². The van der Waals surface area contributed by atoms with E-state index in [1.54, 1.807) is 13.8 Å². The number of rotatable bonds is 12. The fourth-order valence-electron chi connectivity index (χ4n) is 4.90. The number of carbonyl (C=O) groups is 3. The van der Waals surface area contributed by atoms with Crippen LogP contribution >= 0.6 is 0 Å². The molecule has 0 bridgehead atoms. The number of nitrogens with zero attached hydrogens (tertiary/aromatic N) is 1. The van der Waals surface area contributed by atoms with Crippen molar-refractivity contribution < 1.29 is 56.0 Å². The Morgan fingerprint density at radius 2 is 1.81 bits per heavy atom. The van der Waals surface area contributed by atoms with Gasteiger partial charge in [-0.15, -0.1) is 0 Å². The van der Waals surface area contributed by atoms with Crippen LogP contribution in [-0.2, 0) is 20.7 Å². The minimum atomic E-state index is -5.39. The van der Waals surface area contributed by atoms with Crippen LogP contribution in [-0.4, -0.2) is 67.1 Å². The van der Waals surface area contributed by atoms with Crippen molar-refractivity contribution in [1.82, 2.24) is 15.6 Å². The lowest BCUT2D eigenvalue weighted by atomic mass is 9.88. The molecule has 1 aromatic heterocycles. The first kappa shape index (κ1) is 35.7. The number of carbonyl (C=O) groups excluding carboxylic acids is 3. The average molecular weight is 679 g/mol. The summed E-state index contributed by atoms with van der Waals surface area (Å²) in [7, 11) is 1.29. The van der Waals surface area contributed by atoms with E-state index in [0.29, 0.717) is 0 Å². The van der Waals surface area contributed by atoms with E-state index in [-0.39, 0.29) is 59.3 Å². The molecule has 0 unspecified atom stereocenters. The molecule has 3 atom stereocenters. The van der Waals surface area contributed by atoms with E-state index in [1.807, 2.05) is 0 Å². The number of pyridine rings is 1. The molecule has 4 rings (SSSR count). The Kier molecular flexibility index (Phi) is 10.4. The maximum atomic E-state index is 14.7. The number of nitrogens with two attached hydrogens (primary N) is 1. The lowest BCUT2D eigenvalue weighted by molar-refractivity contribution is -0.265. The maximum Gasteiger partial charge on any atom is 0.424 e. The second-order valence-electron chi connectivity index (χ2n) is 11.2. The summed E-state index contributed by atoms with van der Waals surface area (Å²) in [4.78, 5) is 40.5. The van der Waals surface area contributed by atoms with Gasteiger partial charge in [-0.05, 0) is 62.4 Å². The minimum absolute atomic E-state index is 0.0116. The molecule has 2 aromatic carbocycles. The van der Waals surface area contributed by atoms with Gasteiger partial charge in [-0.25, -0.2) is 14.2 Å². The first-order valence-corrected chi connectivity index (χ1v) is 14.6. The zero-order valence-corrected chi connectivity index (χ0v) is 26.4. The SMILES string of the molecule is CCC(=O)O[C@H](C)COc1ccc(C(=O)NC[C@@](O)(c2cc3c(c(-c4ccc(F)cc4)n2)OC[C@@]3(C)NC(N)=O)C(F)(F)F)cc1OC. The Balaban J connectivity index is 1.66. The largest absolute Gasteiger partial charge is 0.493 e. The monoisotopic (exact) mass is 678 g/mol. The summed E-state index contributed by atoms with van der Waals surface area (Å²) < 4.78 is 79.6. The maximum absolute atomic E-state index is 14.7. The van der Waals surface area contributed by atoms with E-state index in [0.717, 1.165) is 18.2 Å². The molecule has 0 aliphatic carbocycles. The third-order valence-corrected chi connectivity index (χ3v) is 7.51. The van der Waals surface area contributed by atoms with Crippen LogP contribution in [0.15, 0.2) is 48.5 Å². The number of alkyl halides is 3. The van der Waals surface area contributed by atoms with Gasteiger partial charge in [0.1, 0.15) is 36.4 Å². The standard InChI is InChI=1S/C32H34F4N4O8/c1-5-25(41)48-17(2)14-46-22-11-8-19(12-23(22)45-4)28(42)38-15-31(44,32(34,35)36)24-13-21-27(47-16-30(21,3)40-29(37)43)26(39-24)18-6-9-20(33)10-7-18/h6-13,17,44H,5,14-16H2,1-4H3,(H,38,42)(H3,37,40,43)/t17-,30-,31-/m1/s1. The number of esters is 1. The number of aliphatic hydroxyl groups is 1. The molecule has 5 N–H and O–H groups in total. The number of amides is 3. The van der Waals surface area contributed by atoms with Crippen LogP contribution in [0.4, 0.5) is 22.4 Å². The molecule has 1 aliphatic rings. The van der Waals surface area contributed by atoms with Crippen LogP contribution in [0.25, 0.3) is 11.3 Å². The average Bonchev–Trinajstić information content (AvgIpc) is 3.36. The quantitative estimate of drug-likeness (QED) is 0.163. The van der Waals surface area contributed by atoms with E-state index < -0.39 is 59.4 Å². The van der Waals surface area contributed by atoms with Crippen LogP contribution < -0.4 is 30.6 Å². The molecule has 1 aliphatic heterocycles. The van der Waals surface area contributed by atoms with Crippen LogP contribution in [0.1, 0.15) is 48.8 Å². The van der Waals surface area contributed by atoms with Crippen molar-refractivity contribution in [2.45, 2.75) is 50.6 Å². The first-order chi connectivity index (χ1) is 22.5. The number of hydrogen-bond acceptors (Lipinski definition) is 9. The summed E-state index contributed by atoms with van der Waals surface area (Å²) in [6.07, 6.45) is -5.81. The number of halogens is 4. The lowest BCUT2D eigenvalue weighted by Crippen LogP contribution is -2.52. The molecule has 12 nitrogen and oxygen atoms in total. The molecule has 2 heterocycles. The number of ether oxygens (including phenoxy) is 4. The summed E-state index contributed by atoms with van der Waals surface area (Å²) in [5, 5.41) is 15.8. The zero-order chi connectivity index (χ0) is 35.4. The summed E-state index contributed by atoms with van der Waals surface area (Å²) >= 11 is 0. The minimum Gasteiger partial charge on any atom is -0.493 e. The normalized spacial score (nSPS) is 17.3. The molecule has 0 radical (unpaired) electrons. The Bertz CT molecular complexity index is 1690. The highest BCUT2D eigenvalue weighted by molar-refractivity contribution is 5.95. The number of nitrogens with one attached hydrogen (secondary N) is 2. The van der Waals surface area contributed by atoms with E-state index in [9.17, 15) is 37.1 Å². The summed E-state index contributed by atoms with van der Waals surface area (Å²) in [6, 6.07) is 8.41. The van der Waals surface area contributed by atoms with Gasteiger partial charge < -0.3 is 40.4 Å².